The van der Waals surface area contributed by atoms with Gasteiger partial charge in [-0.15, -0.1) is 0 Å². The summed E-state index contributed by atoms with van der Waals surface area (Å²) < 4.78 is 0. The van der Waals surface area contributed by atoms with Gasteiger partial charge < -0.3 is 15.0 Å². The first-order valence-corrected chi connectivity index (χ1v) is 9.08. The van der Waals surface area contributed by atoms with Crippen LogP contribution in [0.2, 0.25) is 0 Å². The van der Waals surface area contributed by atoms with Crippen LogP contribution in [-0.4, -0.2) is 17.7 Å². The van der Waals surface area contributed by atoms with E-state index in [1.165, 1.54) is 77.0 Å². The van der Waals surface area contributed by atoms with E-state index < -0.39 is 5.97 Å². The fraction of sp³-hybridized carbons (Fsp3) is 0.944. The van der Waals surface area contributed by atoms with Crippen LogP contribution in [-0.2, 0) is 4.79 Å². The number of rotatable bonds is 17. The average Bonchev–Trinajstić information content (AvgIpc) is 2.46. The monoisotopic (exact) mass is 306 g/mol. The van der Waals surface area contributed by atoms with E-state index in [4.69, 9.17) is 5.11 Å². The Morgan fingerprint density at radius 3 is 1.14 bits per heavy atom. The number of unbranched alkanes of at least 4 members (excludes halogenated alkanes) is 14. The number of aliphatic hydroxyl groups is 1. The van der Waals surface area contributed by atoms with Crippen LogP contribution in [0.4, 0.5) is 0 Å². The summed E-state index contributed by atoms with van der Waals surface area (Å²) in [7, 11) is 0. The SMILES string of the molecule is O=C([O-])CCCCCCCCCCCCCCCCCO.[Li+]. The molecule has 0 aromatic rings. The number of carboxylic acids is 1. The molecule has 0 aromatic heterocycles. The second-order valence-electron chi connectivity index (χ2n) is 6.15. The molecule has 0 atom stereocenters. The summed E-state index contributed by atoms with van der Waals surface area (Å²) in [5, 5.41) is 18.9. The van der Waals surface area contributed by atoms with Crippen molar-refractivity contribution in [2.75, 3.05) is 6.61 Å². The summed E-state index contributed by atoms with van der Waals surface area (Å²) in [5.41, 5.74) is 0. The summed E-state index contributed by atoms with van der Waals surface area (Å²) in [4.78, 5) is 10.2. The molecule has 0 aliphatic carbocycles. The molecule has 0 aliphatic rings. The van der Waals surface area contributed by atoms with Crippen LogP contribution >= 0.6 is 0 Å². The van der Waals surface area contributed by atoms with Gasteiger partial charge in [-0.3, -0.25) is 0 Å². The zero-order chi connectivity index (χ0) is 15.6. The van der Waals surface area contributed by atoms with E-state index in [1.807, 2.05) is 0 Å². The largest absolute Gasteiger partial charge is 1.00 e. The number of hydrogen-bond donors (Lipinski definition) is 1. The van der Waals surface area contributed by atoms with Crippen LogP contribution in [0.1, 0.15) is 103 Å². The molecule has 0 fully saturated rings. The second kappa shape index (κ2) is 21.0. The third kappa shape index (κ3) is 22.3. The van der Waals surface area contributed by atoms with Crippen molar-refractivity contribution in [3.63, 3.8) is 0 Å². The summed E-state index contributed by atoms with van der Waals surface area (Å²) >= 11 is 0. The van der Waals surface area contributed by atoms with Crippen molar-refractivity contribution >= 4 is 5.97 Å². The van der Waals surface area contributed by atoms with Crippen LogP contribution < -0.4 is 24.0 Å². The number of carboxylic acid groups (broad SMARTS) is 1. The quantitative estimate of drug-likeness (QED) is 0.322. The predicted molar refractivity (Wildman–Crippen MR) is 86.0 cm³/mol. The standard InChI is InChI=1S/C18H36O3.Li/c19-17-15-13-11-9-7-5-3-1-2-4-6-8-10-12-14-16-18(20)21;/h19H,1-17H2,(H,20,21);/q;+1/p-1. The van der Waals surface area contributed by atoms with Gasteiger partial charge >= 0.3 is 18.9 Å². The van der Waals surface area contributed by atoms with Gasteiger partial charge in [0.2, 0.25) is 0 Å². The van der Waals surface area contributed by atoms with E-state index in [9.17, 15) is 9.90 Å². The van der Waals surface area contributed by atoms with E-state index in [0.29, 0.717) is 6.61 Å². The van der Waals surface area contributed by atoms with Crippen LogP contribution in [0.25, 0.3) is 0 Å². The number of carbonyl (C=O) groups excluding carboxylic acids is 1. The minimum absolute atomic E-state index is 0. The van der Waals surface area contributed by atoms with E-state index >= 15 is 0 Å². The predicted octanol–water partition coefficient (Wildman–Crippen LogP) is 0.974. The molecule has 126 valence electrons. The number of hydrogen-bond acceptors (Lipinski definition) is 3. The first kappa shape index (κ1) is 24.3. The Kier molecular flexibility index (Phi) is 23.2. The average molecular weight is 306 g/mol. The molecule has 0 amide bonds. The molecule has 0 heterocycles. The van der Waals surface area contributed by atoms with Gasteiger partial charge in [-0.25, -0.2) is 0 Å². The normalized spacial score (nSPS) is 10.4. The Balaban J connectivity index is 0. The van der Waals surface area contributed by atoms with Crippen molar-refractivity contribution < 1.29 is 33.9 Å². The molecule has 0 radical (unpaired) electrons. The van der Waals surface area contributed by atoms with E-state index in [0.717, 1.165) is 19.3 Å². The van der Waals surface area contributed by atoms with Crippen LogP contribution in [0.15, 0.2) is 0 Å². The molecule has 0 bridgehead atoms. The Hall–Kier alpha value is 0.0274. The Labute approximate surface area is 149 Å². The number of aliphatic carboxylic acids is 1. The molecule has 4 heteroatoms. The Morgan fingerprint density at radius 2 is 0.864 bits per heavy atom. The number of carbonyl (C=O) groups is 1. The van der Waals surface area contributed by atoms with Gasteiger partial charge in [-0.2, -0.15) is 0 Å². The summed E-state index contributed by atoms with van der Waals surface area (Å²) in [6.45, 7) is 0.344. The molecule has 0 spiro atoms. The van der Waals surface area contributed by atoms with Crippen LogP contribution in [0.3, 0.4) is 0 Å². The first-order valence-electron chi connectivity index (χ1n) is 9.08. The minimum atomic E-state index is -0.914. The van der Waals surface area contributed by atoms with E-state index in [2.05, 4.69) is 0 Å². The maximum atomic E-state index is 10.2. The molecule has 22 heavy (non-hydrogen) atoms. The van der Waals surface area contributed by atoms with Crippen molar-refractivity contribution in [1.29, 1.82) is 0 Å². The molecule has 3 nitrogen and oxygen atoms in total. The fourth-order valence-electron chi connectivity index (χ4n) is 2.68. The summed E-state index contributed by atoms with van der Waals surface area (Å²) in [6, 6.07) is 0. The van der Waals surface area contributed by atoms with Gasteiger partial charge in [0.25, 0.3) is 0 Å². The molecule has 0 rings (SSSR count). The zero-order valence-corrected chi connectivity index (χ0v) is 14.8. The van der Waals surface area contributed by atoms with Gasteiger partial charge in [-0.1, -0.05) is 83.5 Å². The van der Waals surface area contributed by atoms with Gasteiger partial charge in [0.05, 0.1) is 0 Å². The van der Waals surface area contributed by atoms with E-state index in [-0.39, 0.29) is 25.3 Å². The maximum Gasteiger partial charge on any atom is 1.00 e. The molecule has 0 unspecified atom stereocenters. The fourth-order valence-corrected chi connectivity index (χ4v) is 2.68. The van der Waals surface area contributed by atoms with Gasteiger partial charge in [-0.05, 0) is 19.3 Å². The molecule has 0 aliphatic heterocycles. The maximum absolute atomic E-state index is 10.2. The van der Waals surface area contributed by atoms with Crippen molar-refractivity contribution in [3.8, 4) is 0 Å². The van der Waals surface area contributed by atoms with Crippen LogP contribution in [0.5, 0.6) is 0 Å². The van der Waals surface area contributed by atoms with Crippen molar-refractivity contribution in [2.45, 2.75) is 103 Å². The summed E-state index contributed by atoms with van der Waals surface area (Å²) in [6.07, 6.45) is 18.6. The van der Waals surface area contributed by atoms with Crippen molar-refractivity contribution in [2.24, 2.45) is 0 Å². The third-order valence-corrected chi connectivity index (χ3v) is 4.04. The smallest absolute Gasteiger partial charge is 0.550 e. The van der Waals surface area contributed by atoms with Crippen LogP contribution in [0, 0.1) is 0 Å². The molecular weight excluding hydrogens is 271 g/mol. The van der Waals surface area contributed by atoms with Gasteiger partial charge in [0, 0.05) is 12.6 Å². The Morgan fingerprint density at radius 1 is 0.591 bits per heavy atom. The van der Waals surface area contributed by atoms with E-state index in [1.54, 1.807) is 0 Å². The van der Waals surface area contributed by atoms with Gasteiger partial charge in [0.1, 0.15) is 0 Å². The topological polar surface area (TPSA) is 60.4 Å². The van der Waals surface area contributed by atoms with Gasteiger partial charge in [0.15, 0.2) is 0 Å². The molecule has 0 aromatic carbocycles. The first-order chi connectivity index (χ1) is 10.3. The summed E-state index contributed by atoms with van der Waals surface area (Å²) in [5.74, 6) is -0.914. The molecule has 1 N–H and O–H groups in total. The minimum Gasteiger partial charge on any atom is -0.550 e. The number of aliphatic hydroxyl groups excluding tert-OH is 1. The molecule has 0 saturated carbocycles. The van der Waals surface area contributed by atoms with Crippen molar-refractivity contribution in [1.82, 2.24) is 0 Å². The van der Waals surface area contributed by atoms with Crippen molar-refractivity contribution in [3.05, 3.63) is 0 Å². The second-order valence-corrected chi connectivity index (χ2v) is 6.15. The third-order valence-electron chi connectivity index (χ3n) is 4.04. The molecule has 0 saturated heterocycles. The Bertz CT molecular complexity index is 222. The molecular formula is C18H35LiO3. The zero-order valence-electron chi connectivity index (χ0n) is 14.8.